The first-order valence-electron chi connectivity index (χ1n) is 17.6. The van der Waals surface area contributed by atoms with Gasteiger partial charge in [-0.15, -0.1) is 0 Å². The molecule has 13 nitrogen and oxygen atoms in total. The molecule has 3 saturated carbocycles. The van der Waals surface area contributed by atoms with Crippen LogP contribution in [-0.2, 0) is 46.5 Å². The number of carboxylic acid groups (broad SMARTS) is 1. The monoisotopic (exact) mass is 739 g/mol. The van der Waals surface area contributed by atoms with Crippen molar-refractivity contribution in [2.75, 3.05) is 12.3 Å². The van der Waals surface area contributed by atoms with Crippen LogP contribution in [0.25, 0.3) is 0 Å². The van der Waals surface area contributed by atoms with E-state index in [0.717, 1.165) is 11.6 Å². The molecule has 1 aliphatic heterocycles. The summed E-state index contributed by atoms with van der Waals surface area (Å²) < 4.78 is 54.1. The van der Waals surface area contributed by atoms with Gasteiger partial charge in [0.05, 0.1) is 25.2 Å². The number of ether oxygens (including phenoxy) is 3. The second-order valence-electron chi connectivity index (χ2n) is 15.4. The quantitative estimate of drug-likeness (QED) is 0.176. The van der Waals surface area contributed by atoms with E-state index < -0.39 is 101 Å². The summed E-state index contributed by atoms with van der Waals surface area (Å²) in [5, 5.41) is 30.4. The van der Waals surface area contributed by atoms with Crippen LogP contribution in [0.1, 0.15) is 62.5 Å². The molecule has 11 atom stereocenters. The Kier molecular flexibility index (Phi) is 9.05. The van der Waals surface area contributed by atoms with Crippen molar-refractivity contribution in [1.29, 1.82) is 0 Å². The van der Waals surface area contributed by atoms with Gasteiger partial charge in [-0.05, 0) is 67.5 Å². The molecule has 5 aliphatic rings. The zero-order valence-corrected chi connectivity index (χ0v) is 29.2. The van der Waals surface area contributed by atoms with Crippen molar-refractivity contribution < 1.29 is 57.5 Å². The molecule has 0 amide bonds. The first-order chi connectivity index (χ1) is 25.0. The summed E-state index contributed by atoms with van der Waals surface area (Å²) in [6.07, 6.45) is 0.161. The summed E-state index contributed by atoms with van der Waals surface area (Å²) in [7, 11) is 0. The number of Topliss-reactive ketones (excluding diaryl/α,β-unsaturated/α-hetero) is 1. The molecule has 15 heteroatoms. The number of nitrogens with two attached hydrogens (primary N) is 2. The Hall–Kier alpha value is -4.28. The Morgan fingerprint density at radius 2 is 1.92 bits per heavy atom. The lowest BCUT2D eigenvalue weighted by molar-refractivity contribution is -0.235. The third-order valence-electron chi connectivity index (χ3n) is 12.6. The Morgan fingerprint density at radius 1 is 1.17 bits per heavy atom. The molecular formula is C38H43F2N3O10. The van der Waals surface area contributed by atoms with Crippen LogP contribution in [0.15, 0.2) is 60.5 Å². The molecule has 4 aliphatic carbocycles. The maximum absolute atomic E-state index is 17.8. The molecule has 4 fully saturated rings. The number of aliphatic hydroxyl groups is 2. The molecule has 7 N–H and O–H groups in total. The number of anilines is 1. The number of carbonyl (C=O) groups excluding carboxylic acids is 3. The summed E-state index contributed by atoms with van der Waals surface area (Å²) in [5.74, 6) is -5.60. The first-order valence-corrected chi connectivity index (χ1v) is 17.6. The summed E-state index contributed by atoms with van der Waals surface area (Å²) in [6.45, 7) is 2.48. The lowest BCUT2D eigenvalue weighted by atomic mass is 9.44. The summed E-state index contributed by atoms with van der Waals surface area (Å²) in [5.41, 5.74) is 6.77. The number of aliphatic carboxylic acids is 1. The topological polar surface area (TPSA) is 214 Å². The van der Waals surface area contributed by atoms with Crippen LogP contribution in [0.4, 0.5) is 14.5 Å². The van der Waals surface area contributed by atoms with Crippen molar-refractivity contribution in [3.8, 4) is 0 Å². The maximum Gasteiger partial charge on any atom is 0.323 e. The molecule has 0 spiro atoms. The van der Waals surface area contributed by atoms with Crippen molar-refractivity contribution in [1.82, 2.24) is 4.57 Å². The van der Waals surface area contributed by atoms with E-state index in [2.05, 4.69) is 0 Å². The number of aromatic nitrogens is 1. The number of esters is 1. The normalized spacial score (nSPS) is 37.6. The van der Waals surface area contributed by atoms with Crippen molar-refractivity contribution in [2.24, 2.45) is 28.4 Å². The molecule has 7 rings (SSSR count). The summed E-state index contributed by atoms with van der Waals surface area (Å²) >= 11 is 0. The molecule has 1 saturated heterocycles. The minimum absolute atomic E-state index is 0.0377. The van der Waals surface area contributed by atoms with Crippen molar-refractivity contribution in [3.05, 3.63) is 77.2 Å². The van der Waals surface area contributed by atoms with E-state index in [-0.39, 0.29) is 31.4 Å². The van der Waals surface area contributed by atoms with Gasteiger partial charge in [-0.1, -0.05) is 25.1 Å². The van der Waals surface area contributed by atoms with E-state index in [1.165, 1.54) is 19.1 Å². The number of halogens is 2. The fraction of sp³-hybridized carbons (Fsp3) is 0.526. The van der Waals surface area contributed by atoms with Gasteiger partial charge in [0.15, 0.2) is 29.9 Å². The van der Waals surface area contributed by atoms with E-state index in [1.54, 1.807) is 37.5 Å². The number of rotatable bonds is 10. The van der Waals surface area contributed by atoms with E-state index >= 15 is 8.78 Å². The average molecular weight is 740 g/mol. The second-order valence-corrected chi connectivity index (χ2v) is 15.4. The number of alkyl halides is 2. The van der Waals surface area contributed by atoms with Crippen molar-refractivity contribution >= 4 is 29.2 Å². The van der Waals surface area contributed by atoms with Crippen molar-refractivity contribution in [2.45, 2.75) is 94.7 Å². The zero-order chi connectivity index (χ0) is 38.2. The lowest BCUT2D eigenvalue weighted by Gasteiger charge is -2.63. The molecule has 0 bridgehead atoms. The molecule has 2 aromatic rings. The Morgan fingerprint density at radius 3 is 2.62 bits per heavy atom. The van der Waals surface area contributed by atoms with Crippen LogP contribution in [0, 0.1) is 22.7 Å². The average Bonchev–Trinajstić information content (AvgIpc) is 3.78. The molecule has 0 unspecified atom stereocenters. The van der Waals surface area contributed by atoms with Gasteiger partial charge < -0.3 is 45.6 Å². The van der Waals surface area contributed by atoms with Gasteiger partial charge in [-0.3, -0.25) is 19.2 Å². The Bertz CT molecular complexity index is 1930. The molecule has 1 aromatic heterocycles. The number of fused-ring (bicyclic) bond motifs is 7. The van der Waals surface area contributed by atoms with Crippen LogP contribution in [-0.4, -0.2) is 85.7 Å². The number of nitrogen functional groups attached to an aromatic ring is 1. The minimum Gasteiger partial charge on any atom is -0.481 e. The van der Waals surface area contributed by atoms with Crippen LogP contribution < -0.4 is 11.5 Å². The number of carbonyl (C=O) groups is 4. The second kappa shape index (κ2) is 12.9. The number of hydrogen-bond donors (Lipinski definition) is 5. The Balaban J connectivity index is 1.22. The SMILES string of the molecule is C[C@]12C=CC(=O)C=C1[C@@H](F)C[C@H]1[C@@H]3C[C@H]4O[C@@H](c5ccn(Cc6ccc(CO)c(N)c6)c5)O[C@@]4(C(=O)COC(=O)[C@@H](N)CC(=O)O)[C@@]3(C)C[C@H](O)[C@@]12F. The van der Waals surface area contributed by atoms with Gasteiger partial charge in [-0.2, -0.15) is 0 Å². The highest BCUT2D eigenvalue weighted by atomic mass is 19.1. The fourth-order valence-corrected chi connectivity index (χ4v) is 10.0. The van der Waals surface area contributed by atoms with Gasteiger partial charge in [0, 0.05) is 52.5 Å². The number of hydrogen-bond acceptors (Lipinski definition) is 11. The largest absolute Gasteiger partial charge is 0.481 e. The van der Waals surface area contributed by atoms with Gasteiger partial charge >= 0.3 is 11.9 Å². The Labute approximate surface area is 303 Å². The van der Waals surface area contributed by atoms with Gasteiger partial charge in [0.1, 0.15) is 12.2 Å². The maximum atomic E-state index is 17.8. The number of allylic oxidation sites excluding steroid dienone is 4. The number of nitrogens with zero attached hydrogens (tertiary/aromatic N) is 1. The summed E-state index contributed by atoms with van der Waals surface area (Å²) in [4.78, 5) is 50.5. The smallest absolute Gasteiger partial charge is 0.323 e. The fourth-order valence-electron chi connectivity index (χ4n) is 10.0. The third kappa shape index (κ3) is 5.50. The molecule has 1 aromatic carbocycles. The van der Waals surface area contributed by atoms with Crippen LogP contribution in [0.3, 0.4) is 0 Å². The van der Waals surface area contributed by atoms with Gasteiger partial charge in [-0.25, -0.2) is 8.78 Å². The highest BCUT2D eigenvalue weighted by Gasteiger charge is 2.80. The van der Waals surface area contributed by atoms with Gasteiger partial charge in [0.2, 0.25) is 5.78 Å². The zero-order valence-electron chi connectivity index (χ0n) is 29.2. The summed E-state index contributed by atoms with van der Waals surface area (Å²) in [6, 6.07) is 5.51. The standard InChI is InChI=1S/C38H43F2N3O10/c1-35-7-5-22(45)10-25(35)26(39)11-24-23-12-31-38(36(23,2)14-29(46)37(24,35)40,30(47)18-51-33(50)28(42)13-32(48)49)53-34(52-31)20-6-8-43(16-20)15-19-3-4-21(17-44)27(41)9-19/h3-10,16,23-24,26,28-29,31,34,44,46H,11-15,17-18,41-42H2,1-2H3,(H,48,49)/t23-,24-,26-,28-,29-,31+,34+,35-,36-,37-,38+/m0/s1. The highest BCUT2D eigenvalue weighted by molar-refractivity contribution is 6.01. The van der Waals surface area contributed by atoms with E-state index in [0.29, 0.717) is 23.4 Å². The molecule has 53 heavy (non-hydrogen) atoms. The predicted octanol–water partition coefficient (Wildman–Crippen LogP) is 2.61. The number of benzene rings is 1. The van der Waals surface area contributed by atoms with Crippen molar-refractivity contribution in [3.63, 3.8) is 0 Å². The van der Waals surface area contributed by atoms with Crippen LogP contribution in [0.5, 0.6) is 0 Å². The molecule has 2 heterocycles. The van der Waals surface area contributed by atoms with E-state index in [4.69, 9.17) is 30.8 Å². The third-order valence-corrected chi connectivity index (χ3v) is 12.6. The number of aliphatic hydroxyl groups excluding tert-OH is 2. The van der Waals surface area contributed by atoms with Crippen LogP contribution in [0.2, 0.25) is 0 Å². The lowest BCUT2D eigenvalue weighted by Crippen LogP contribution is -2.70. The number of ketones is 2. The predicted molar refractivity (Wildman–Crippen MR) is 182 cm³/mol. The molecular weight excluding hydrogens is 696 g/mol. The van der Waals surface area contributed by atoms with E-state index in [9.17, 15) is 29.4 Å². The number of carboxylic acids is 1. The molecule has 284 valence electrons. The molecule has 0 radical (unpaired) electrons. The van der Waals surface area contributed by atoms with Gasteiger partial charge in [0.25, 0.3) is 0 Å². The van der Waals surface area contributed by atoms with Crippen LogP contribution >= 0.6 is 0 Å². The highest BCUT2D eigenvalue weighted by Crippen LogP contribution is 2.72. The minimum atomic E-state index is -2.42. The first kappa shape index (κ1) is 37.1. The van der Waals surface area contributed by atoms with E-state index in [1.807, 2.05) is 10.6 Å².